The van der Waals surface area contributed by atoms with Crippen LogP contribution in [0.4, 0.5) is 5.69 Å². The van der Waals surface area contributed by atoms with Gasteiger partial charge in [0.25, 0.3) is 5.91 Å². The van der Waals surface area contributed by atoms with E-state index in [-0.39, 0.29) is 24.0 Å². The SMILES string of the molecule is O=C(CNc1ccc(Br)cc1Br)NN=Cc1ccc(O)cc1O. The van der Waals surface area contributed by atoms with Gasteiger partial charge in [-0.25, -0.2) is 5.43 Å². The third-order valence-electron chi connectivity index (χ3n) is 2.78. The summed E-state index contributed by atoms with van der Waals surface area (Å²) in [5.74, 6) is -0.512. The first-order valence-electron chi connectivity index (χ1n) is 6.48. The number of carbonyl (C=O) groups excluding carboxylic acids is 1. The van der Waals surface area contributed by atoms with Crippen LogP contribution in [0.15, 0.2) is 50.4 Å². The maximum Gasteiger partial charge on any atom is 0.259 e. The van der Waals surface area contributed by atoms with Gasteiger partial charge in [0, 0.05) is 26.3 Å². The molecule has 0 radical (unpaired) electrons. The van der Waals surface area contributed by atoms with E-state index in [0.717, 1.165) is 14.6 Å². The minimum Gasteiger partial charge on any atom is -0.508 e. The average molecular weight is 443 g/mol. The molecule has 0 saturated heterocycles. The van der Waals surface area contributed by atoms with Gasteiger partial charge in [-0.05, 0) is 46.3 Å². The summed E-state index contributed by atoms with van der Waals surface area (Å²) in [4.78, 5) is 11.7. The van der Waals surface area contributed by atoms with Crippen LogP contribution < -0.4 is 10.7 Å². The fraction of sp³-hybridized carbons (Fsp3) is 0.0667. The molecule has 0 saturated carbocycles. The van der Waals surface area contributed by atoms with Crippen LogP contribution in [0.2, 0.25) is 0 Å². The molecule has 0 bridgehead atoms. The van der Waals surface area contributed by atoms with Crippen LogP contribution in [0.25, 0.3) is 0 Å². The number of benzene rings is 2. The average Bonchev–Trinajstić information content (AvgIpc) is 2.48. The minimum atomic E-state index is -0.339. The number of phenols is 2. The van der Waals surface area contributed by atoms with Gasteiger partial charge in [-0.1, -0.05) is 15.9 Å². The predicted octanol–water partition coefficient (Wildman–Crippen LogP) is 3.19. The Hall–Kier alpha value is -2.06. The first kappa shape index (κ1) is 17.3. The van der Waals surface area contributed by atoms with Crippen molar-refractivity contribution in [2.75, 3.05) is 11.9 Å². The lowest BCUT2D eigenvalue weighted by atomic mass is 10.2. The number of phenolic OH excluding ortho intramolecular Hbond substituents is 2. The van der Waals surface area contributed by atoms with Crippen molar-refractivity contribution in [3.63, 3.8) is 0 Å². The lowest BCUT2D eigenvalue weighted by molar-refractivity contribution is -0.119. The van der Waals surface area contributed by atoms with Crippen LogP contribution >= 0.6 is 31.9 Å². The molecule has 120 valence electrons. The molecule has 2 aromatic carbocycles. The molecule has 0 unspecified atom stereocenters. The minimum absolute atomic E-state index is 0.0408. The fourth-order valence-corrected chi connectivity index (χ4v) is 2.85. The summed E-state index contributed by atoms with van der Waals surface area (Å²) in [5, 5.41) is 25.5. The lowest BCUT2D eigenvalue weighted by Gasteiger charge is -2.07. The smallest absolute Gasteiger partial charge is 0.259 e. The Labute approximate surface area is 149 Å². The second-order valence-electron chi connectivity index (χ2n) is 4.51. The number of rotatable bonds is 5. The number of nitrogens with zero attached hydrogens (tertiary/aromatic N) is 1. The van der Waals surface area contributed by atoms with Crippen molar-refractivity contribution >= 4 is 49.7 Å². The molecule has 23 heavy (non-hydrogen) atoms. The second-order valence-corrected chi connectivity index (χ2v) is 6.28. The molecule has 0 fully saturated rings. The third-order valence-corrected chi connectivity index (χ3v) is 3.93. The highest BCUT2D eigenvalue weighted by atomic mass is 79.9. The molecule has 2 aromatic rings. The Balaban J connectivity index is 1.86. The molecule has 0 aliphatic carbocycles. The quantitative estimate of drug-likeness (QED) is 0.422. The Morgan fingerprint density at radius 3 is 2.65 bits per heavy atom. The summed E-state index contributed by atoms with van der Waals surface area (Å²) in [6.07, 6.45) is 1.29. The number of amides is 1. The molecule has 1 amide bonds. The molecule has 0 aliphatic rings. The second kappa shape index (κ2) is 7.98. The molecule has 0 heterocycles. The van der Waals surface area contributed by atoms with E-state index in [9.17, 15) is 15.0 Å². The van der Waals surface area contributed by atoms with Gasteiger partial charge in [0.1, 0.15) is 11.5 Å². The Kier molecular flexibility index (Phi) is 6.00. The zero-order valence-electron chi connectivity index (χ0n) is 11.8. The van der Waals surface area contributed by atoms with E-state index in [0.29, 0.717) is 5.56 Å². The summed E-state index contributed by atoms with van der Waals surface area (Å²) in [6, 6.07) is 9.64. The molecule has 6 nitrogen and oxygen atoms in total. The monoisotopic (exact) mass is 441 g/mol. The molecule has 8 heteroatoms. The van der Waals surface area contributed by atoms with Gasteiger partial charge in [0.05, 0.1) is 12.8 Å². The first-order chi connectivity index (χ1) is 11.0. The number of nitrogens with one attached hydrogen (secondary N) is 2. The summed E-state index contributed by atoms with van der Waals surface area (Å²) in [7, 11) is 0. The number of hydrogen-bond acceptors (Lipinski definition) is 5. The summed E-state index contributed by atoms with van der Waals surface area (Å²) < 4.78 is 1.76. The van der Waals surface area contributed by atoms with Gasteiger partial charge in [-0.2, -0.15) is 5.10 Å². The summed E-state index contributed by atoms with van der Waals surface area (Å²) in [6.45, 7) is 0.0408. The maximum atomic E-state index is 11.7. The van der Waals surface area contributed by atoms with Crippen molar-refractivity contribution in [2.45, 2.75) is 0 Å². The van der Waals surface area contributed by atoms with Gasteiger partial charge in [-0.15, -0.1) is 0 Å². The normalized spacial score (nSPS) is 10.7. The van der Waals surface area contributed by atoms with E-state index in [1.165, 1.54) is 24.4 Å². The first-order valence-corrected chi connectivity index (χ1v) is 8.07. The molecular weight excluding hydrogens is 430 g/mol. The number of aromatic hydroxyl groups is 2. The van der Waals surface area contributed by atoms with Crippen molar-refractivity contribution in [2.24, 2.45) is 5.10 Å². The maximum absolute atomic E-state index is 11.7. The van der Waals surface area contributed by atoms with E-state index in [4.69, 9.17) is 0 Å². The van der Waals surface area contributed by atoms with Crippen LogP contribution in [0.3, 0.4) is 0 Å². The zero-order chi connectivity index (χ0) is 16.8. The van der Waals surface area contributed by atoms with Gasteiger partial charge < -0.3 is 15.5 Å². The van der Waals surface area contributed by atoms with E-state index in [1.807, 2.05) is 18.2 Å². The molecule has 0 aromatic heterocycles. The van der Waals surface area contributed by atoms with Crippen LogP contribution in [0.5, 0.6) is 11.5 Å². The molecule has 0 spiro atoms. The van der Waals surface area contributed by atoms with Gasteiger partial charge in [0.2, 0.25) is 0 Å². The molecule has 0 atom stereocenters. The van der Waals surface area contributed by atoms with E-state index >= 15 is 0 Å². The number of anilines is 1. The highest BCUT2D eigenvalue weighted by Gasteiger charge is 2.04. The van der Waals surface area contributed by atoms with Crippen LogP contribution in [0.1, 0.15) is 5.56 Å². The molecule has 0 aliphatic heterocycles. The highest BCUT2D eigenvalue weighted by Crippen LogP contribution is 2.25. The van der Waals surface area contributed by atoms with Crippen LogP contribution in [-0.2, 0) is 4.79 Å². The van der Waals surface area contributed by atoms with E-state index < -0.39 is 0 Å². The van der Waals surface area contributed by atoms with Gasteiger partial charge in [0.15, 0.2) is 0 Å². The largest absolute Gasteiger partial charge is 0.508 e. The van der Waals surface area contributed by atoms with Crippen molar-refractivity contribution in [3.8, 4) is 11.5 Å². The lowest BCUT2D eigenvalue weighted by Crippen LogP contribution is -2.26. The topological polar surface area (TPSA) is 94.0 Å². The van der Waals surface area contributed by atoms with Gasteiger partial charge >= 0.3 is 0 Å². The van der Waals surface area contributed by atoms with Gasteiger partial charge in [-0.3, -0.25) is 4.79 Å². The number of hydrazone groups is 1. The van der Waals surface area contributed by atoms with E-state index in [2.05, 4.69) is 47.7 Å². The molecular formula is C15H13Br2N3O3. The fourth-order valence-electron chi connectivity index (χ4n) is 1.66. The predicted molar refractivity (Wildman–Crippen MR) is 95.8 cm³/mol. The Bertz CT molecular complexity index is 751. The Morgan fingerprint density at radius 2 is 1.96 bits per heavy atom. The van der Waals surface area contributed by atoms with Crippen LogP contribution in [-0.4, -0.2) is 28.9 Å². The number of halogens is 2. The van der Waals surface area contributed by atoms with Crippen molar-refractivity contribution < 1.29 is 15.0 Å². The van der Waals surface area contributed by atoms with Crippen LogP contribution in [0, 0.1) is 0 Å². The molecule has 2 rings (SSSR count). The Morgan fingerprint density at radius 1 is 1.17 bits per heavy atom. The number of carbonyl (C=O) groups is 1. The summed E-state index contributed by atoms with van der Waals surface area (Å²) in [5.41, 5.74) is 3.51. The highest BCUT2D eigenvalue weighted by molar-refractivity contribution is 9.11. The van der Waals surface area contributed by atoms with Crippen molar-refractivity contribution in [3.05, 3.63) is 50.9 Å². The standard InChI is InChI=1S/C15H13Br2N3O3/c16-10-2-4-13(12(17)5-10)18-8-15(23)20-19-7-9-1-3-11(21)6-14(9)22/h1-7,18,21-22H,8H2,(H,20,23). The van der Waals surface area contributed by atoms with Crippen molar-refractivity contribution in [1.82, 2.24) is 5.43 Å². The molecule has 4 N–H and O–H groups in total. The van der Waals surface area contributed by atoms with Crippen molar-refractivity contribution in [1.29, 1.82) is 0 Å². The van der Waals surface area contributed by atoms with E-state index in [1.54, 1.807) is 0 Å². The number of hydrogen-bond donors (Lipinski definition) is 4. The third kappa shape index (κ3) is 5.26. The summed E-state index contributed by atoms with van der Waals surface area (Å²) >= 11 is 6.74. The zero-order valence-corrected chi connectivity index (χ0v) is 14.9.